The van der Waals surface area contributed by atoms with E-state index in [4.69, 9.17) is 0 Å². The lowest BCUT2D eigenvalue weighted by Crippen LogP contribution is -2.36. The molecule has 0 radical (unpaired) electrons. The van der Waals surface area contributed by atoms with Gasteiger partial charge in [-0.05, 0) is 46.5 Å². The summed E-state index contributed by atoms with van der Waals surface area (Å²) in [5.74, 6) is 0.925. The van der Waals surface area contributed by atoms with E-state index >= 15 is 0 Å². The fraction of sp³-hybridized carbons (Fsp3) is 0.824. The first kappa shape index (κ1) is 15.6. The van der Waals surface area contributed by atoms with Crippen molar-refractivity contribution >= 4 is 0 Å². The van der Waals surface area contributed by atoms with E-state index in [0.717, 1.165) is 12.5 Å². The van der Waals surface area contributed by atoms with E-state index in [9.17, 15) is 0 Å². The number of rotatable bonds is 5. The summed E-state index contributed by atoms with van der Waals surface area (Å²) < 4.78 is 2.12. The SMILES string of the molecule is CCC1CCCC(NC(C)c2c(C)nn(CC)c2C)C1. The van der Waals surface area contributed by atoms with Gasteiger partial charge in [-0.1, -0.05) is 26.2 Å². The molecule has 1 aliphatic carbocycles. The van der Waals surface area contributed by atoms with Crippen LogP contribution in [0.3, 0.4) is 0 Å². The fourth-order valence-corrected chi connectivity index (χ4v) is 3.90. The quantitative estimate of drug-likeness (QED) is 0.876. The maximum absolute atomic E-state index is 4.65. The molecule has 3 unspecified atom stereocenters. The van der Waals surface area contributed by atoms with Gasteiger partial charge in [0.25, 0.3) is 0 Å². The molecular weight excluding hydrogens is 246 g/mol. The van der Waals surface area contributed by atoms with Crippen LogP contribution in [0.4, 0.5) is 0 Å². The molecule has 0 aliphatic heterocycles. The van der Waals surface area contributed by atoms with Crippen molar-refractivity contribution in [2.75, 3.05) is 0 Å². The Morgan fingerprint density at radius 3 is 2.65 bits per heavy atom. The van der Waals surface area contributed by atoms with Crippen LogP contribution in [0.25, 0.3) is 0 Å². The van der Waals surface area contributed by atoms with Crippen molar-refractivity contribution in [2.45, 2.75) is 85.4 Å². The summed E-state index contributed by atoms with van der Waals surface area (Å²) >= 11 is 0. The third-order valence-electron chi connectivity index (χ3n) is 5.02. The van der Waals surface area contributed by atoms with E-state index in [1.165, 1.54) is 49.1 Å². The second kappa shape index (κ2) is 6.75. The predicted octanol–water partition coefficient (Wildman–Crippen LogP) is 4.14. The van der Waals surface area contributed by atoms with Gasteiger partial charge in [-0.2, -0.15) is 5.10 Å². The Morgan fingerprint density at radius 1 is 1.30 bits per heavy atom. The molecule has 3 atom stereocenters. The van der Waals surface area contributed by atoms with Crippen LogP contribution >= 0.6 is 0 Å². The number of nitrogens with zero attached hydrogens (tertiary/aromatic N) is 2. The topological polar surface area (TPSA) is 29.9 Å². The smallest absolute Gasteiger partial charge is 0.0644 e. The van der Waals surface area contributed by atoms with Gasteiger partial charge in [-0.25, -0.2) is 0 Å². The van der Waals surface area contributed by atoms with Crippen LogP contribution in [0.5, 0.6) is 0 Å². The van der Waals surface area contributed by atoms with Gasteiger partial charge in [0.1, 0.15) is 0 Å². The van der Waals surface area contributed by atoms with Gasteiger partial charge in [0.05, 0.1) is 5.69 Å². The van der Waals surface area contributed by atoms with Crippen molar-refractivity contribution in [3.63, 3.8) is 0 Å². The number of hydrogen-bond donors (Lipinski definition) is 1. The average molecular weight is 277 g/mol. The molecule has 1 N–H and O–H groups in total. The normalized spacial score (nSPS) is 24.9. The van der Waals surface area contributed by atoms with Crippen LogP contribution < -0.4 is 5.32 Å². The summed E-state index contributed by atoms with van der Waals surface area (Å²) in [6.07, 6.45) is 6.82. The first-order valence-corrected chi connectivity index (χ1v) is 8.36. The second-order valence-corrected chi connectivity index (χ2v) is 6.43. The standard InChI is InChI=1S/C17H31N3/c1-6-15-9-8-10-16(11-15)18-12(3)17-13(4)19-20(7-2)14(17)5/h12,15-16,18H,6-11H2,1-5H3. The Balaban J connectivity index is 2.04. The first-order valence-electron chi connectivity index (χ1n) is 8.36. The lowest BCUT2D eigenvalue weighted by molar-refractivity contribution is 0.265. The molecule has 114 valence electrons. The molecule has 1 fully saturated rings. The van der Waals surface area contributed by atoms with Gasteiger partial charge in [0.15, 0.2) is 0 Å². The Morgan fingerprint density at radius 2 is 2.05 bits per heavy atom. The van der Waals surface area contributed by atoms with Gasteiger partial charge in [-0.3, -0.25) is 4.68 Å². The van der Waals surface area contributed by atoms with E-state index in [1.54, 1.807) is 0 Å². The number of aryl methyl sites for hydroxylation is 2. The predicted molar refractivity (Wildman–Crippen MR) is 85.0 cm³/mol. The Labute approximate surface area is 124 Å². The summed E-state index contributed by atoms with van der Waals surface area (Å²) in [6.45, 7) is 12.1. The van der Waals surface area contributed by atoms with E-state index in [2.05, 4.69) is 49.7 Å². The Kier molecular flexibility index (Phi) is 5.25. The molecule has 0 bridgehead atoms. The molecular formula is C17H31N3. The molecule has 3 nitrogen and oxygen atoms in total. The lowest BCUT2D eigenvalue weighted by Gasteiger charge is -2.31. The third-order valence-corrected chi connectivity index (χ3v) is 5.02. The molecule has 0 amide bonds. The molecule has 0 aromatic carbocycles. The molecule has 1 aromatic rings. The van der Waals surface area contributed by atoms with Gasteiger partial charge >= 0.3 is 0 Å². The van der Waals surface area contributed by atoms with Gasteiger partial charge in [0, 0.05) is 29.9 Å². The second-order valence-electron chi connectivity index (χ2n) is 6.43. The molecule has 0 saturated heterocycles. The van der Waals surface area contributed by atoms with Crippen molar-refractivity contribution in [1.29, 1.82) is 0 Å². The maximum atomic E-state index is 4.65. The molecule has 2 rings (SSSR count). The van der Waals surface area contributed by atoms with Crippen molar-refractivity contribution in [2.24, 2.45) is 5.92 Å². The summed E-state index contributed by atoms with van der Waals surface area (Å²) in [4.78, 5) is 0. The van der Waals surface area contributed by atoms with Crippen LogP contribution in [-0.4, -0.2) is 15.8 Å². The number of hydrogen-bond acceptors (Lipinski definition) is 2. The molecule has 1 aliphatic rings. The molecule has 0 spiro atoms. The maximum Gasteiger partial charge on any atom is 0.0644 e. The Hall–Kier alpha value is -0.830. The molecule has 3 heteroatoms. The molecule has 1 heterocycles. The zero-order chi connectivity index (χ0) is 14.7. The van der Waals surface area contributed by atoms with Gasteiger partial charge < -0.3 is 5.32 Å². The lowest BCUT2D eigenvalue weighted by atomic mass is 9.84. The first-order chi connectivity index (χ1) is 9.56. The Bertz CT molecular complexity index is 436. The summed E-state index contributed by atoms with van der Waals surface area (Å²) in [7, 11) is 0. The van der Waals surface area contributed by atoms with Crippen molar-refractivity contribution in [1.82, 2.24) is 15.1 Å². The van der Waals surface area contributed by atoms with Crippen molar-refractivity contribution < 1.29 is 0 Å². The minimum absolute atomic E-state index is 0.413. The summed E-state index contributed by atoms with van der Waals surface area (Å²) in [5, 5.41) is 8.52. The van der Waals surface area contributed by atoms with Crippen molar-refractivity contribution in [3.8, 4) is 0 Å². The van der Waals surface area contributed by atoms with E-state index < -0.39 is 0 Å². The molecule has 1 aromatic heterocycles. The third kappa shape index (κ3) is 3.25. The van der Waals surface area contributed by atoms with Crippen LogP contribution in [0.2, 0.25) is 0 Å². The van der Waals surface area contributed by atoms with Crippen molar-refractivity contribution in [3.05, 3.63) is 17.0 Å². The van der Waals surface area contributed by atoms with Crippen LogP contribution in [-0.2, 0) is 6.54 Å². The van der Waals surface area contributed by atoms with Crippen LogP contribution in [0.15, 0.2) is 0 Å². The highest BCUT2D eigenvalue weighted by Crippen LogP contribution is 2.29. The zero-order valence-electron chi connectivity index (χ0n) is 13.9. The largest absolute Gasteiger partial charge is 0.307 e. The average Bonchev–Trinajstić information content (AvgIpc) is 2.73. The van der Waals surface area contributed by atoms with E-state index in [0.29, 0.717) is 12.1 Å². The monoisotopic (exact) mass is 277 g/mol. The summed E-state index contributed by atoms with van der Waals surface area (Å²) in [6, 6.07) is 1.10. The summed E-state index contributed by atoms with van der Waals surface area (Å²) in [5.41, 5.74) is 3.92. The van der Waals surface area contributed by atoms with E-state index in [1.807, 2.05) is 0 Å². The van der Waals surface area contributed by atoms with Crippen LogP contribution in [0.1, 0.15) is 75.9 Å². The zero-order valence-corrected chi connectivity index (χ0v) is 13.9. The number of aromatic nitrogens is 2. The highest BCUT2D eigenvalue weighted by Gasteiger charge is 2.24. The fourth-order valence-electron chi connectivity index (χ4n) is 3.90. The van der Waals surface area contributed by atoms with Crippen LogP contribution in [0, 0.1) is 19.8 Å². The highest BCUT2D eigenvalue weighted by molar-refractivity contribution is 5.27. The van der Waals surface area contributed by atoms with Gasteiger partial charge in [0.2, 0.25) is 0 Å². The molecule has 1 saturated carbocycles. The van der Waals surface area contributed by atoms with Gasteiger partial charge in [-0.15, -0.1) is 0 Å². The molecule has 20 heavy (non-hydrogen) atoms. The number of nitrogens with one attached hydrogen (secondary N) is 1. The minimum Gasteiger partial charge on any atom is -0.307 e. The van der Waals surface area contributed by atoms with E-state index in [-0.39, 0.29) is 0 Å². The highest BCUT2D eigenvalue weighted by atomic mass is 15.3. The minimum atomic E-state index is 0.413.